The van der Waals surface area contributed by atoms with Gasteiger partial charge in [-0.25, -0.2) is 4.79 Å². The van der Waals surface area contributed by atoms with Gasteiger partial charge in [-0.15, -0.1) is 0 Å². The number of hydrogen-bond acceptors (Lipinski definition) is 4. The maximum absolute atomic E-state index is 10.9. The van der Waals surface area contributed by atoms with Crippen LogP contribution in [0.5, 0.6) is 5.75 Å². The van der Waals surface area contributed by atoms with Crippen molar-refractivity contribution in [3.05, 3.63) is 29.8 Å². The van der Waals surface area contributed by atoms with Crippen LogP contribution in [0.2, 0.25) is 0 Å². The molecule has 5 nitrogen and oxygen atoms in total. The summed E-state index contributed by atoms with van der Waals surface area (Å²) in [6, 6.07) is 6.60. The average molecular weight is 239 g/mol. The maximum atomic E-state index is 10.9. The number of benzene rings is 1. The molecule has 5 heteroatoms. The highest BCUT2D eigenvalue weighted by molar-refractivity contribution is 5.90. The Bertz CT molecular complexity index is 354. The van der Waals surface area contributed by atoms with Gasteiger partial charge in [0.05, 0.1) is 6.61 Å². The predicted octanol–water partition coefficient (Wildman–Crippen LogP) is 1.000. The molecule has 0 fully saturated rings. The van der Waals surface area contributed by atoms with Crippen molar-refractivity contribution in [1.29, 1.82) is 0 Å². The van der Waals surface area contributed by atoms with Gasteiger partial charge >= 0.3 is 5.97 Å². The second kappa shape index (κ2) is 7.65. The summed E-state index contributed by atoms with van der Waals surface area (Å²) in [6.45, 7) is 2.47. The van der Waals surface area contributed by atoms with E-state index in [1.54, 1.807) is 25.3 Å². The normalized spacial score (nSPS) is 10.2. The Labute approximate surface area is 100 Å². The minimum absolute atomic E-state index is 0.185. The van der Waals surface area contributed by atoms with E-state index in [2.05, 4.69) is 5.32 Å². The molecule has 0 aliphatic rings. The molecule has 1 rings (SSSR count). The highest BCUT2D eigenvalue weighted by Gasteiger charge is 2.09. The van der Waals surface area contributed by atoms with Gasteiger partial charge in [-0.3, -0.25) is 0 Å². The van der Waals surface area contributed by atoms with Crippen molar-refractivity contribution < 1.29 is 19.4 Å². The number of aromatic carboxylic acids is 1. The lowest BCUT2D eigenvalue weighted by Gasteiger charge is -2.09. The van der Waals surface area contributed by atoms with Gasteiger partial charge in [0.2, 0.25) is 0 Å². The summed E-state index contributed by atoms with van der Waals surface area (Å²) in [5, 5.41) is 12.0. The molecule has 0 atom stereocenters. The summed E-state index contributed by atoms with van der Waals surface area (Å²) in [6.07, 6.45) is 0. The van der Waals surface area contributed by atoms with Gasteiger partial charge in [0, 0.05) is 20.2 Å². The van der Waals surface area contributed by atoms with Crippen LogP contribution < -0.4 is 10.1 Å². The molecule has 17 heavy (non-hydrogen) atoms. The number of carbonyl (C=O) groups is 1. The fourth-order valence-corrected chi connectivity index (χ4v) is 1.30. The van der Waals surface area contributed by atoms with Crippen molar-refractivity contribution in [2.24, 2.45) is 0 Å². The van der Waals surface area contributed by atoms with Crippen molar-refractivity contribution in [3.8, 4) is 5.75 Å². The Morgan fingerprint density at radius 2 is 2.00 bits per heavy atom. The molecule has 0 saturated carbocycles. The van der Waals surface area contributed by atoms with E-state index in [4.69, 9.17) is 14.6 Å². The fraction of sp³-hybridized carbons (Fsp3) is 0.417. The Morgan fingerprint density at radius 3 is 2.71 bits per heavy atom. The monoisotopic (exact) mass is 239 g/mol. The van der Waals surface area contributed by atoms with Crippen LogP contribution in [0.15, 0.2) is 24.3 Å². The molecule has 0 saturated heterocycles. The van der Waals surface area contributed by atoms with Crippen LogP contribution in [0, 0.1) is 0 Å². The fourth-order valence-electron chi connectivity index (χ4n) is 1.30. The van der Waals surface area contributed by atoms with Crippen LogP contribution in [0.25, 0.3) is 0 Å². The first-order chi connectivity index (χ1) is 8.25. The molecule has 0 heterocycles. The molecule has 2 N–H and O–H groups in total. The number of hydrogen-bond donors (Lipinski definition) is 2. The molecule has 0 bridgehead atoms. The number of ether oxygens (including phenoxy) is 2. The van der Waals surface area contributed by atoms with Gasteiger partial charge in [0.25, 0.3) is 0 Å². The van der Waals surface area contributed by atoms with Crippen molar-refractivity contribution in [2.45, 2.75) is 0 Å². The van der Waals surface area contributed by atoms with Crippen molar-refractivity contribution in [3.63, 3.8) is 0 Å². The number of para-hydroxylation sites is 1. The van der Waals surface area contributed by atoms with Gasteiger partial charge in [0.15, 0.2) is 0 Å². The second-order valence-electron chi connectivity index (χ2n) is 3.39. The summed E-state index contributed by atoms with van der Waals surface area (Å²) >= 11 is 0. The molecule has 0 aliphatic carbocycles. The molecule has 1 aromatic carbocycles. The van der Waals surface area contributed by atoms with Gasteiger partial charge in [-0.2, -0.15) is 0 Å². The zero-order chi connectivity index (χ0) is 12.5. The van der Waals surface area contributed by atoms with Crippen LogP contribution in [-0.4, -0.2) is 44.5 Å². The smallest absolute Gasteiger partial charge is 0.339 e. The first-order valence-electron chi connectivity index (χ1n) is 5.40. The molecular formula is C12H17NO4. The Morgan fingerprint density at radius 1 is 1.29 bits per heavy atom. The third-order valence-corrected chi connectivity index (χ3v) is 2.14. The molecular weight excluding hydrogens is 222 g/mol. The largest absolute Gasteiger partial charge is 0.491 e. The first kappa shape index (κ1) is 13.5. The lowest BCUT2D eigenvalue weighted by Crippen LogP contribution is -2.24. The maximum Gasteiger partial charge on any atom is 0.339 e. The first-order valence-corrected chi connectivity index (χ1v) is 5.40. The molecule has 0 amide bonds. The number of nitrogens with one attached hydrogen (secondary N) is 1. The molecule has 1 aromatic rings. The minimum atomic E-state index is -0.979. The van der Waals surface area contributed by atoms with Gasteiger partial charge < -0.3 is 19.9 Å². The Hall–Kier alpha value is -1.59. The molecule has 0 spiro atoms. The third-order valence-electron chi connectivity index (χ3n) is 2.14. The van der Waals surface area contributed by atoms with Crippen LogP contribution >= 0.6 is 0 Å². The number of methoxy groups -OCH3 is 1. The second-order valence-corrected chi connectivity index (χ2v) is 3.39. The Balaban J connectivity index is 2.34. The van der Waals surface area contributed by atoms with Crippen molar-refractivity contribution >= 4 is 5.97 Å². The lowest BCUT2D eigenvalue weighted by molar-refractivity contribution is 0.0692. The van der Waals surface area contributed by atoms with Crippen molar-refractivity contribution in [2.75, 3.05) is 33.4 Å². The van der Waals surface area contributed by atoms with Gasteiger partial charge in [0.1, 0.15) is 17.9 Å². The average Bonchev–Trinajstić information content (AvgIpc) is 2.34. The van der Waals surface area contributed by atoms with Gasteiger partial charge in [-0.05, 0) is 12.1 Å². The quantitative estimate of drug-likeness (QED) is 0.662. The third kappa shape index (κ3) is 4.84. The number of carboxylic acid groups (broad SMARTS) is 1. The van der Waals surface area contributed by atoms with E-state index in [0.717, 1.165) is 6.54 Å². The highest BCUT2D eigenvalue weighted by Crippen LogP contribution is 2.17. The Kier molecular flexibility index (Phi) is 6.06. The summed E-state index contributed by atoms with van der Waals surface area (Å²) in [4.78, 5) is 10.9. The zero-order valence-electron chi connectivity index (χ0n) is 9.81. The standard InChI is InChI=1S/C12H17NO4/c1-16-8-6-13-7-9-17-11-5-3-2-4-10(11)12(14)15/h2-5,13H,6-9H2,1H3,(H,14,15). The van der Waals surface area contributed by atoms with Crippen LogP contribution in [0.3, 0.4) is 0 Å². The number of carboxylic acids is 1. The van der Waals surface area contributed by atoms with Crippen LogP contribution in [0.1, 0.15) is 10.4 Å². The molecule has 0 aliphatic heterocycles. The molecule has 0 unspecified atom stereocenters. The lowest BCUT2D eigenvalue weighted by atomic mass is 10.2. The molecule has 0 radical (unpaired) electrons. The molecule has 0 aromatic heterocycles. The van der Waals surface area contributed by atoms with E-state index < -0.39 is 5.97 Å². The van der Waals surface area contributed by atoms with Crippen molar-refractivity contribution in [1.82, 2.24) is 5.32 Å². The SMILES string of the molecule is COCCNCCOc1ccccc1C(=O)O. The van der Waals surface area contributed by atoms with E-state index >= 15 is 0 Å². The van der Waals surface area contributed by atoms with E-state index in [0.29, 0.717) is 25.5 Å². The van der Waals surface area contributed by atoms with E-state index in [9.17, 15) is 4.79 Å². The van der Waals surface area contributed by atoms with Gasteiger partial charge in [-0.1, -0.05) is 12.1 Å². The summed E-state index contributed by atoms with van der Waals surface area (Å²) in [7, 11) is 1.64. The van der Waals surface area contributed by atoms with E-state index in [-0.39, 0.29) is 5.56 Å². The summed E-state index contributed by atoms with van der Waals surface area (Å²) in [5.41, 5.74) is 0.185. The van der Waals surface area contributed by atoms with Crippen LogP contribution in [0.4, 0.5) is 0 Å². The molecule has 94 valence electrons. The number of rotatable bonds is 8. The van der Waals surface area contributed by atoms with Crippen LogP contribution in [-0.2, 0) is 4.74 Å². The topological polar surface area (TPSA) is 67.8 Å². The van der Waals surface area contributed by atoms with E-state index in [1.807, 2.05) is 0 Å². The highest BCUT2D eigenvalue weighted by atomic mass is 16.5. The van der Waals surface area contributed by atoms with E-state index in [1.165, 1.54) is 6.07 Å². The minimum Gasteiger partial charge on any atom is -0.491 e. The summed E-state index contributed by atoms with van der Waals surface area (Å²) < 4.78 is 10.3. The summed E-state index contributed by atoms with van der Waals surface area (Å²) in [5.74, 6) is -0.582. The zero-order valence-corrected chi connectivity index (χ0v) is 9.81. The predicted molar refractivity (Wildman–Crippen MR) is 63.6 cm³/mol.